The number of halogens is 1. The largest absolute Gasteiger partial charge is 0.339 e. The second kappa shape index (κ2) is 8.95. The summed E-state index contributed by atoms with van der Waals surface area (Å²) < 4.78 is 14.6. The van der Waals surface area contributed by atoms with Crippen molar-refractivity contribution in [2.75, 3.05) is 13.1 Å². The third kappa shape index (κ3) is 4.16. The van der Waals surface area contributed by atoms with E-state index in [0.29, 0.717) is 42.6 Å². The van der Waals surface area contributed by atoms with Crippen molar-refractivity contribution in [3.63, 3.8) is 0 Å². The quantitative estimate of drug-likeness (QED) is 0.688. The number of hydrogen-bond acceptors (Lipinski definition) is 5. The van der Waals surface area contributed by atoms with E-state index < -0.39 is 23.7 Å². The summed E-state index contributed by atoms with van der Waals surface area (Å²) >= 11 is 0. The van der Waals surface area contributed by atoms with Gasteiger partial charge in [0, 0.05) is 37.2 Å². The Hall–Kier alpha value is -4.06. The van der Waals surface area contributed by atoms with Crippen LogP contribution in [0.5, 0.6) is 0 Å². The lowest BCUT2D eigenvalue weighted by atomic mass is 9.85. The third-order valence-electron chi connectivity index (χ3n) is 7.12. The standard InChI is InChI=1S/C26H23FN4O4/c27-18-11-19(16-6-8-30(9-7-16)25(34)17-3-1-2-15(10-17)13-28)21-14-31(26(35)20(21)12-18)22-4-5-23(32)29-24(22)33/h1-3,10-12,16,22H,4-9,14H2,(H,29,32,33). The average molecular weight is 474 g/mol. The first-order valence-electron chi connectivity index (χ1n) is 11.6. The van der Waals surface area contributed by atoms with Crippen molar-refractivity contribution in [1.29, 1.82) is 5.26 Å². The molecule has 2 aromatic carbocycles. The van der Waals surface area contributed by atoms with Crippen LogP contribution < -0.4 is 5.32 Å². The van der Waals surface area contributed by atoms with E-state index in [0.717, 1.165) is 5.56 Å². The van der Waals surface area contributed by atoms with Crippen molar-refractivity contribution in [3.8, 4) is 6.07 Å². The fraction of sp³-hybridized carbons (Fsp3) is 0.346. The molecule has 2 aromatic rings. The summed E-state index contributed by atoms with van der Waals surface area (Å²) in [6.45, 7) is 1.13. The first-order chi connectivity index (χ1) is 16.9. The van der Waals surface area contributed by atoms with E-state index in [2.05, 4.69) is 5.32 Å². The summed E-state index contributed by atoms with van der Waals surface area (Å²) in [5, 5.41) is 11.4. The highest BCUT2D eigenvalue weighted by molar-refractivity contribution is 6.05. The van der Waals surface area contributed by atoms with Gasteiger partial charge < -0.3 is 9.80 Å². The van der Waals surface area contributed by atoms with Crippen LogP contribution >= 0.6 is 0 Å². The molecule has 2 fully saturated rings. The lowest BCUT2D eigenvalue weighted by molar-refractivity contribution is -0.136. The van der Waals surface area contributed by atoms with E-state index in [4.69, 9.17) is 5.26 Å². The fourth-order valence-electron chi connectivity index (χ4n) is 5.32. The van der Waals surface area contributed by atoms with E-state index in [1.165, 1.54) is 17.0 Å². The maximum Gasteiger partial charge on any atom is 0.255 e. The number of imide groups is 1. The van der Waals surface area contributed by atoms with Crippen molar-refractivity contribution >= 4 is 23.6 Å². The lowest BCUT2D eigenvalue weighted by Gasteiger charge is -2.33. The number of hydrogen-bond donors (Lipinski definition) is 1. The Balaban J connectivity index is 1.33. The second-order valence-electron chi connectivity index (χ2n) is 9.18. The molecule has 1 atom stereocenters. The highest BCUT2D eigenvalue weighted by Gasteiger charge is 2.41. The summed E-state index contributed by atoms with van der Waals surface area (Å²) in [7, 11) is 0. The SMILES string of the molecule is N#Cc1cccc(C(=O)N2CCC(c3cc(F)cc4c3CN(C3CCC(=O)NC3=O)C4=O)CC2)c1. The highest BCUT2D eigenvalue weighted by atomic mass is 19.1. The molecule has 0 radical (unpaired) electrons. The number of piperidine rings is 2. The van der Waals surface area contributed by atoms with Gasteiger partial charge in [-0.25, -0.2) is 4.39 Å². The molecule has 4 amide bonds. The van der Waals surface area contributed by atoms with Gasteiger partial charge in [-0.15, -0.1) is 0 Å². The zero-order chi connectivity index (χ0) is 24.7. The molecule has 3 aliphatic rings. The van der Waals surface area contributed by atoms with Gasteiger partial charge in [-0.3, -0.25) is 24.5 Å². The van der Waals surface area contributed by atoms with Crippen LogP contribution in [-0.4, -0.2) is 52.6 Å². The number of nitriles is 1. The summed E-state index contributed by atoms with van der Waals surface area (Å²) in [4.78, 5) is 53.0. The van der Waals surface area contributed by atoms with Crippen LogP contribution in [0.4, 0.5) is 4.39 Å². The van der Waals surface area contributed by atoms with Crippen LogP contribution in [-0.2, 0) is 16.1 Å². The molecule has 0 aliphatic carbocycles. The number of nitrogens with one attached hydrogen (secondary N) is 1. The number of nitrogens with zero attached hydrogens (tertiary/aromatic N) is 3. The maximum atomic E-state index is 14.6. The molecule has 35 heavy (non-hydrogen) atoms. The zero-order valence-electron chi connectivity index (χ0n) is 18.9. The van der Waals surface area contributed by atoms with Gasteiger partial charge in [-0.1, -0.05) is 6.07 Å². The van der Waals surface area contributed by atoms with Gasteiger partial charge in [-0.2, -0.15) is 5.26 Å². The number of carbonyl (C=O) groups excluding carboxylic acids is 4. The van der Waals surface area contributed by atoms with Crippen LogP contribution in [0.1, 0.15) is 69.0 Å². The van der Waals surface area contributed by atoms with E-state index in [9.17, 15) is 23.6 Å². The van der Waals surface area contributed by atoms with Gasteiger partial charge in [0.15, 0.2) is 0 Å². The summed E-state index contributed by atoms with van der Waals surface area (Å²) in [6.07, 6.45) is 1.61. The Kier molecular flexibility index (Phi) is 5.81. The van der Waals surface area contributed by atoms with Crippen molar-refractivity contribution in [1.82, 2.24) is 15.1 Å². The first kappa shape index (κ1) is 22.7. The van der Waals surface area contributed by atoms with Crippen LogP contribution in [0.2, 0.25) is 0 Å². The molecule has 5 rings (SSSR count). The lowest BCUT2D eigenvalue weighted by Crippen LogP contribution is -2.52. The Morgan fingerprint density at radius 1 is 1.09 bits per heavy atom. The first-order valence-corrected chi connectivity index (χ1v) is 11.6. The van der Waals surface area contributed by atoms with Crippen molar-refractivity contribution < 1.29 is 23.6 Å². The molecule has 178 valence electrons. The van der Waals surface area contributed by atoms with Gasteiger partial charge in [0.05, 0.1) is 11.6 Å². The number of rotatable bonds is 3. The van der Waals surface area contributed by atoms with Crippen molar-refractivity contribution in [3.05, 3.63) is 70.0 Å². The molecule has 3 aliphatic heterocycles. The summed E-state index contributed by atoms with van der Waals surface area (Å²) in [6, 6.07) is 10.5. The predicted molar refractivity (Wildman–Crippen MR) is 121 cm³/mol. The van der Waals surface area contributed by atoms with E-state index >= 15 is 0 Å². The molecule has 1 N–H and O–H groups in total. The van der Waals surface area contributed by atoms with Gasteiger partial charge in [0.1, 0.15) is 11.9 Å². The smallest absolute Gasteiger partial charge is 0.255 e. The average Bonchev–Trinajstić information content (AvgIpc) is 3.19. The fourth-order valence-corrected chi connectivity index (χ4v) is 5.32. The highest BCUT2D eigenvalue weighted by Crippen LogP contribution is 2.38. The van der Waals surface area contributed by atoms with E-state index in [1.54, 1.807) is 29.2 Å². The number of amides is 4. The van der Waals surface area contributed by atoms with Gasteiger partial charge in [0.2, 0.25) is 11.8 Å². The van der Waals surface area contributed by atoms with Crippen LogP contribution in [0, 0.1) is 17.1 Å². The predicted octanol–water partition coefficient (Wildman–Crippen LogP) is 2.48. The molecule has 0 saturated carbocycles. The van der Waals surface area contributed by atoms with Crippen molar-refractivity contribution in [2.45, 2.75) is 44.2 Å². The van der Waals surface area contributed by atoms with E-state index in [-0.39, 0.29) is 42.7 Å². The normalized spacial score (nSPS) is 20.5. The minimum absolute atomic E-state index is 0.0385. The monoisotopic (exact) mass is 474 g/mol. The van der Waals surface area contributed by atoms with Gasteiger partial charge in [0.25, 0.3) is 11.8 Å². The number of carbonyl (C=O) groups is 4. The van der Waals surface area contributed by atoms with Crippen LogP contribution in [0.15, 0.2) is 36.4 Å². The molecule has 0 aromatic heterocycles. The molecule has 1 unspecified atom stereocenters. The number of benzene rings is 2. The van der Waals surface area contributed by atoms with Crippen LogP contribution in [0.25, 0.3) is 0 Å². The molecular formula is C26H23FN4O4. The second-order valence-corrected chi connectivity index (χ2v) is 9.18. The Morgan fingerprint density at radius 2 is 1.86 bits per heavy atom. The minimum atomic E-state index is -0.757. The zero-order valence-corrected chi connectivity index (χ0v) is 18.9. The molecule has 0 spiro atoms. The summed E-state index contributed by atoms with van der Waals surface area (Å²) in [5.41, 5.74) is 2.59. The maximum absolute atomic E-state index is 14.6. The molecule has 3 heterocycles. The van der Waals surface area contributed by atoms with Gasteiger partial charge >= 0.3 is 0 Å². The Bertz CT molecular complexity index is 1290. The Morgan fingerprint density at radius 3 is 2.57 bits per heavy atom. The molecule has 9 heteroatoms. The van der Waals surface area contributed by atoms with Crippen molar-refractivity contribution in [2.24, 2.45) is 0 Å². The molecule has 8 nitrogen and oxygen atoms in total. The summed E-state index contributed by atoms with van der Waals surface area (Å²) in [5.74, 6) is -1.96. The molecule has 0 bridgehead atoms. The van der Waals surface area contributed by atoms with E-state index in [1.807, 2.05) is 6.07 Å². The topological polar surface area (TPSA) is 111 Å². The van der Waals surface area contributed by atoms with Crippen LogP contribution in [0.3, 0.4) is 0 Å². The third-order valence-corrected chi connectivity index (χ3v) is 7.12. The number of likely N-dealkylation sites (tertiary alicyclic amines) is 1. The van der Waals surface area contributed by atoms with Gasteiger partial charge in [-0.05, 0) is 66.6 Å². The minimum Gasteiger partial charge on any atom is -0.339 e. The molecule has 2 saturated heterocycles. The molecular weight excluding hydrogens is 451 g/mol. The Labute approximate surface area is 201 Å². The number of fused-ring (bicyclic) bond motifs is 1.